The van der Waals surface area contributed by atoms with Crippen molar-refractivity contribution in [1.82, 2.24) is 4.90 Å². The fraction of sp³-hybridized carbons (Fsp3) is 0.300. The Balaban J connectivity index is 2.04. The Hall–Kier alpha value is -2.82. The number of rotatable bonds is 8. The van der Waals surface area contributed by atoms with E-state index in [0.29, 0.717) is 23.7 Å². The second-order valence-electron chi connectivity index (χ2n) is 5.75. The van der Waals surface area contributed by atoms with Crippen molar-refractivity contribution in [3.63, 3.8) is 0 Å². The van der Waals surface area contributed by atoms with Gasteiger partial charge in [-0.1, -0.05) is 43.7 Å². The minimum absolute atomic E-state index is 0.0367. The number of carbonyl (C=O) groups excluding carboxylic acids is 2. The predicted molar refractivity (Wildman–Crippen MR) is 98.7 cm³/mol. The van der Waals surface area contributed by atoms with E-state index in [1.54, 1.807) is 17.0 Å². The van der Waals surface area contributed by atoms with Crippen molar-refractivity contribution >= 4 is 17.5 Å². The summed E-state index contributed by atoms with van der Waals surface area (Å²) in [5, 5.41) is 2.83. The van der Waals surface area contributed by atoms with Gasteiger partial charge in [-0.3, -0.25) is 9.59 Å². The van der Waals surface area contributed by atoms with Gasteiger partial charge in [0.15, 0.2) is 5.75 Å². The molecular formula is C20H24N2O3. The number of benzene rings is 2. The largest absolute Gasteiger partial charge is 0.455 e. The normalized spacial score (nSPS) is 10.2. The van der Waals surface area contributed by atoms with Gasteiger partial charge in [0.1, 0.15) is 5.75 Å². The summed E-state index contributed by atoms with van der Waals surface area (Å²) >= 11 is 0. The molecule has 2 rings (SSSR count). The molecule has 5 heteroatoms. The van der Waals surface area contributed by atoms with Crippen LogP contribution in [-0.2, 0) is 9.59 Å². The summed E-state index contributed by atoms with van der Waals surface area (Å²) in [6.45, 7) is 4.15. The molecule has 0 aromatic heterocycles. The molecule has 25 heavy (non-hydrogen) atoms. The molecule has 0 atom stereocenters. The molecule has 0 fully saturated rings. The number of hydrogen-bond donors (Lipinski definition) is 1. The Morgan fingerprint density at radius 3 is 2.40 bits per heavy atom. The molecular weight excluding hydrogens is 316 g/mol. The average molecular weight is 340 g/mol. The number of ether oxygens (including phenoxy) is 1. The van der Waals surface area contributed by atoms with Crippen LogP contribution in [0.25, 0.3) is 0 Å². The third-order valence-corrected chi connectivity index (χ3v) is 3.69. The number of amides is 2. The van der Waals surface area contributed by atoms with E-state index >= 15 is 0 Å². The first-order valence-electron chi connectivity index (χ1n) is 8.47. The van der Waals surface area contributed by atoms with E-state index < -0.39 is 0 Å². The van der Waals surface area contributed by atoms with Crippen molar-refractivity contribution in [3.8, 4) is 11.5 Å². The first-order valence-corrected chi connectivity index (χ1v) is 8.47. The van der Waals surface area contributed by atoms with E-state index in [1.165, 1.54) is 6.92 Å². The fourth-order valence-electron chi connectivity index (χ4n) is 2.33. The van der Waals surface area contributed by atoms with Crippen LogP contribution in [0.15, 0.2) is 54.6 Å². The van der Waals surface area contributed by atoms with Crippen LogP contribution in [0, 0.1) is 0 Å². The molecule has 0 bridgehead atoms. The van der Waals surface area contributed by atoms with Gasteiger partial charge >= 0.3 is 0 Å². The lowest BCUT2D eigenvalue weighted by Crippen LogP contribution is -2.37. The summed E-state index contributed by atoms with van der Waals surface area (Å²) in [5.74, 6) is 0.912. The number of nitrogens with zero attached hydrogens (tertiary/aromatic N) is 1. The third kappa shape index (κ3) is 5.95. The molecule has 2 amide bonds. The number of para-hydroxylation sites is 3. The lowest BCUT2D eigenvalue weighted by molar-refractivity contribution is -0.132. The zero-order chi connectivity index (χ0) is 18.1. The van der Waals surface area contributed by atoms with E-state index in [4.69, 9.17) is 4.74 Å². The van der Waals surface area contributed by atoms with Gasteiger partial charge in [0.25, 0.3) is 0 Å². The van der Waals surface area contributed by atoms with Crippen molar-refractivity contribution in [2.75, 3.05) is 18.4 Å². The molecule has 0 aliphatic carbocycles. The Bertz CT molecular complexity index is 701. The number of unbranched alkanes of at least 4 members (excludes halogenated alkanes) is 1. The van der Waals surface area contributed by atoms with Gasteiger partial charge in [-0.15, -0.1) is 0 Å². The number of carbonyl (C=O) groups is 2. The standard InChI is InChI=1S/C20H24N2O3/c1-3-4-14-22(16(2)23)15-20(24)21-18-12-8-9-13-19(18)25-17-10-6-5-7-11-17/h5-13H,3-4,14-15H2,1-2H3,(H,21,24). The van der Waals surface area contributed by atoms with Crippen molar-refractivity contribution in [3.05, 3.63) is 54.6 Å². The summed E-state index contributed by atoms with van der Waals surface area (Å²) in [7, 11) is 0. The summed E-state index contributed by atoms with van der Waals surface area (Å²) in [5.41, 5.74) is 0.579. The summed E-state index contributed by atoms with van der Waals surface area (Å²) in [6, 6.07) is 16.6. The first kappa shape index (κ1) is 18.5. The zero-order valence-electron chi connectivity index (χ0n) is 14.7. The molecule has 0 heterocycles. The average Bonchev–Trinajstić information content (AvgIpc) is 2.61. The van der Waals surface area contributed by atoms with Gasteiger partial charge in [-0.2, -0.15) is 0 Å². The maximum Gasteiger partial charge on any atom is 0.244 e. The molecule has 0 radical (unpaired) electrons. The highest BCUT2D eigenvalue weighted by atomic mass is 16.5. The fourth-order valence-corrected chi connectivity index (χ4v) is 2.33. The van der Waals surface area contributed by atoms with E-state index in [-0.39, 0.29) is 18.4 Å². The molecule has 2 aromatic rings. The molecule has 2 aromatic carbocycles. The smallest absolute Gasteiger partial charge is 0.244 e. The summed E-state index contributed by atoms with van der Waals surface area (Å²) in [4.78, 5) is 25.6. The summed E-state index contributed by atoms with van der Waals surface area (Å²) < 4.78 is 5.83. The number of hydrogen-bond acceptors (Lipinski definition) is 3. The Labute approximate surface area is 148 Å². The lowest BCUT2D eigenvalue weighted by Gasteiger charge is -2.20. The van der Waals surface area contributed by atoms with E-state index in [2.05, 4.69) is 12.2 Å². The van der Waals surface area contributed by atoms with Crippen LogP contribution in [0.1, 0.15) is 26.7 Å². The molecule has 132 valence electrons. The van der Waals surface area contributed by atoms with E-state index in [1.807, 2.05) is 42.5 Å². The van der Waals surface area contributed by atoms with Crippen LogP contribution < -0.4 is 10.1 Å². The number of anilines is 1. The van der Waals surface area contributed by atoms with Crippen molar-refractivity contribution in [2.24, 2.45) is 0 Å². The number of nitrogens with one attached hydrogen (secondary N) is 1. The molecule has 0 saturated heterocycles. The minimum atomic E-state index is -0.240. The zero-order valence-corrected chi connectivity index (χ0v) is 14.7. The molecule has 0 spiro atoms. The van der Waals surface area contributed by atoms with Crippen LogP contribution in [0.5, 0.6) is 11.5 Å². The van der Waals surface area contributed by atoms with Crippen LogP contribution in [0.3, 0.4) is 0 Å². The van der Waals surface area contributed by atoms with Crippen molar-refractivity contribution in [2.45, 2.75) is 26.7 Å². The Kier molecular flexibility index (Phi) is 7.01. The topological polar surface area (TPSA) is 58.6 Å². The van der Waals surface area contributed by atoms with E-state index in [0.717, 1.165) is 12.8 Å². The minimum Gasteiger partial charge on any atom is -0.455 e. The highest BCUT2D eigenvalue weighted by Gasteiger charge is 2.14. The monoisotopic (exact) mass is 340 g/mol. The van der Waals surface area contributed by atoms with Gasteiger partial charge in [0.05, 0.1) is 12.2 Å². The summed E-state index contributed by atoms with van der Waals surface area (Å²) in [6.07, 6.45) is 1.85. The van der Waals surface area contributed by atoms with Gasteiger partial charge in [-0.05, 0) is 30.7 Å². The van der Waals surface area contributed by atoms with Gasteiger partial charge < -0.3 is 15.0 Å². The highest BCUT2D eigenvalue weighted by Crippen LogP contribution is 2.29. The predicted octanol–water partition coefficient (Wildman–Crippen LogP) is 4.07. The van der Waals surface area contributed by atoms with E-state index in [9.17, 15) is 9.59 Å². The molecule has 1 N–H and O–H groups in total. The first-order chi connectivity index (χ1) is 12.1. The van der Waals surface area contributed by atoms with Gasteiger partial charge in [0.2, 0.25) is 11.8 Å². The Morgan fingerprint density at radius 1 is 1.04 bits per heavy atom. The molecule has 0 saturated carbocycles. The molecule has 0 aliphatic heterocycles. The second kappa shape index (κ2) is 9.47. The Morgan fingerprint density at radius 2 is 1.72 bits per heavy atom. The SMILES string of the molecule is CCCCN(CC(=O)Nc1ccccc1Oc1ccccc1)C(C)=O. The van der Waals surface area contributed by atoms with Crippen molar-refractivity contribution < 1.29 is 14.3 Å². The van der Waals surface area contributed by atoms with Crippen LogP contribution in [0.4, 0.5) is 5.69 Å². The quantitative estimate of drug-likeness (QED) is 0.788. The van der Waals surface area contributed by atoms with Crippen LogP contribution >= 0.6 is 0 Å². The second-order valence-corrected chi connectivity index (χ2v) is 5.75. The van der Waals surface area contributed by atoms with Gasteiger partial charge in [0, 0.05) is 13.5 Å². The molecule has 0 aliphatic rings. The molecule has 5 nitrogen and oxygen atoms in total. The highest BCUT2D eigenvalue weighted by molar-refractivity contribution is 5.95. The third-order valence-electron chi connectivity index (χ3n) is 3.69. The van der Waals surface area contributed by atoms with Crippen LogP contribution in [-0.4, -0.2) is 29.8 Å². The van der Waals surface area contributed by atoms with Crippen LogP contribution in [0.2, 0.25) is 0 Å². The van der Waals surface area contributed by atoms with Crippen molar-refractivity contribution in [1.29, 1.82) is 0 Å². The maximum atomic E-state index is 12.3. The molecule has 0 unspecified atom stereocenters. The lowest BCUT2D eigenvalue weighted by atomic mass is 10.2. The van der Waals surface area contributed by atoms with Gasteiger partial charge in [-0.25, -0.2) is 0 Å². The maximum absolute atomic E-state index is 12.3.